The van der Waals surface area contributed by atoms with Gasteiger partial charge in [0.05, 0.1) is 6.61 Å². The highest BCUT2D eigenvalue weighted by Crippen LogP contribution is 2.06. The van der Waals surface area contributed by atoms with E-state index in [2.05, 4.69) is 26.8 Å². The monoisotopic (exact) mass is 167 g/mol. The summed E-state index contributed by atoms with van der Waals surface area (Å²) in [5.74, 6) is 0. The largest absolute Gasteiger partial charge is 0.236 e. The van der Waals surface area contributed by atoms with Gasteiger partial charge in [-0.05, 0) is 40.0 Å². The van der Waals surface area contributed by atoms with Crippen LogP contribution in [0.3, 0.4) is 0 Å². The van der Waals surface area contributed by atoms with Crippen LogP contribution in [0.1, 0.15) is 40.0 Å². The van der Waals surface area contributed by atoms with Gasteiger partial charge in [-0.1, -0.05) is 23.3 Å². The van der Waals surface area contributed by atoms with Crippen molar-refractivity contribution in [3.05, 3.63) is 23.3 Å². The van der Waals surface area contributed by atoms with Crippen LogP contribution in [0.5, 0.6) is 0 Å². The van der Waals surface area contributed by atoms with Gasteiger partial charge in [0, 0.05) is 0 Å². The van der Waals surface area contributed by atoms with Crippen LogP contribution in [-0.4, -0.2) is 6.61 Å². The van der Waals surface area contributed by atoms with Gasteiger partial charge in [-0.2, -0.15) is 0 Å². The predicted molar refractivity (Wildman–Crippen MR) is 52.6 cm³/mol. The molecule has 1 heteroatoms. The Morgan fingerprint density at radius 3 is 2.25 bits per heavy atom. The number of hydrogen-bond donors (Lipinski definition) is 0. The van der Waals surface area contributed by atoms with Crippen molar-refractivity contribution in [3.8, 4) is 0 Å². The lowest BCUT2D eigenvalue weighted by atomic mass is 10.1. The minimum absolute atomic E-state index is 0.0139. The fourth-order valence-corrected chi connectivity index (χ4v) is 0.996. The standard InChI is InChI=1S/C11H19O/c1-10(2)6-4-7-11(3)8-5-9-12/h6,8H,4-5,7,9H2,1-3H3/b11-8+. The van der Waals surface area contributed by atoms with Crippen molar-refractivity contribution in [2.24, 2.45) is 0 Å². The highest BCUT2D eigenvalue weighted by molar-refractivity contribution is 5.01. The summed E-state index contributed by atoms with van der Waals surface area (Å²) in [7, 11) is 0. The molecule has 0 atom stereocenters. The molecule has 0 saturated heterocycles. The first kappa shape index (κ1) is 11.4. The molecule has 0 heterocycles. The van der Waals surface area contributed by atoms with E-state index in [1.807, 2.05) is 6.08 Å². The third kappa shape index (κ3) is 7.55. The van der Waals surface area contributed by atoms with E-state index in [-0.39, 0.29) is 6.61 Å². The summed E-state index contributed by atoms with van der Waals surface area (Å²) >= 11 is 0. The first-order valence-corrected chi connectivity index (χ1v) is 4.54. The molecule has 0 amide bonds. The maximum Gasteiger partial charge on any atom is 0.0856 e. The molecule has 0 unspecified atom stereocenters. The van der Waals surface area contributed by atoms with Crippen LogP contribution in [0, 0.1) is 0 Å². The lowest BCUT2D eigenvalue weighted by Crippen LogP contribution is -1.80. The van der Waals surface area contributed by atoms with Gasteiger partial charge in [-0.3, -0.25) is 0 Å². The molecule has 0 aliphatic heterocycles. The Bertz CT molecular complexity index is 162. The molecular weight excluding hydrogens is 148 g/mol. The van der Waals surface area contributed by atoms with Gasteiger partial charge < -0.3 is 0 Å². The van der Waals surface area contributed by atoms with Crippen LogP contribution < -0.4 is 0 Å². The maximum absolute atomic E-state index is 10.2. The van der Waals surface area contributed by atoms with Crippen molar-refractivity contribution in [3.63, 3.8) is 0 Å². The summed E-state index contributed by atoms with van der Waals surface area (Å²) in [6.07, 6.45) is 7.15. The summed E-state index contributed by atoms with van der Waals surface area (Å²) in [4.78, 5) is 0. The average Bonchev–Trinajstić information content (AvgIpc) is 2.00. The van der Waals surface area contributed by atoms with Crippen LogP contribution in [0.2, 0.25) is 0 Å². The van der Waals surface area contributed by atoms with Gasteiger partial charge in [0.15, 0.2) is 0 Å². The van der Waals surface area contributed by atoms with E-state index in [4.69, 9.17) is 0 Å². The molecule has 0 aromatic carbocycles. The normalized spacial score (nSPS) is 11.5. The topological polar surface area (TPSA) is 19.9 Å². The van der Waals surface area contributed by atoms with Crippen molar-refractivity contribution in [2.45, 2.75) is 40.0 Å². The minimum atomic E-state index is 0.0139. The Morgan fingerprint density at radius 1 is 1.08 bits per heavy atom. The number of hydrogen-bond acceptors (Lipinski definition) is 0. The molecule has 1 nitrogen and oxygen atoms in total. The summed E-state index contributed by atoms with van der Waals surface area (Å²) in [5.41, 5.74) is 2.70. The number of rotatable bonds is 5. The molecule has 0 spiro atoms. The highest BCUT2D eigenvalue weighted by atomic mass is 16.2. The maximum atomic E-state index is 10.2. The summed E-state index contributed by atoms with van der Waals surface area (Å²) in [6.45, 7) is 6.32. The Hall–Kier alpha value is -0.560. The van der Waals surface area contributed by atoms with Gasteiger partial charge in [-0.15, -0.1) is 0 Å². The Kier molecular flexibility index (Phi) is 6.78. The minimum Gasteiger partial charge on any atom is -0.236 e. The molecule has 12 heavy (non-hydrogen) atoms. The van der Waals surface area contributed by atoms with Crippen LogP contribution >= 0.6 is 0 Å². The van der Waals surface area contributed by atoms with E-state index in [0.29, 0.717) is 6.42 Å². The van der Waals surface area contributed by atoms with Gasteiger partial charge in [-0.25, -0.2) is 5.11 Å². The van der Waals surface area contributed by atoms with E-state index in [1.54, 1.807) is 0 Å². The zero-order valence-corrected chi connectivity index (χ0v) is 8.39. The van der Waals surface area contributed by atoms with E-state index >= 15 is 0 Å². The van der Waals surface area contributed by atoms with Crippen LogP contribution in [0.25, 0.3) is 0 Å². The summed E-state index contributed by atoms with van der Waals surface area (Å²) in [6, 6.07) is 0. The van der Waals surface area contributed by atoms with Gasteiger partial charge >= 0.3 is 0 Å². The van der Waals surface area contributed by atoms with E-state index in [9.17, 15) is 5.11 Å². The Balaban J connectivity index is 3.56. The van der Waals surface area contributed by atoms with E-state index in [0.717, 1.165) is 12.8 Å². The third-order valence-corrected chi connectivity index (χ3v) is 1.70. The number of allylic oxidation sites excluding steroid dienone is 3. The third-order valence-electron chi connectivity index (χ3n) is 1.70. The summed E-state index contributed by atoms with van der Waals surface area (Å²) in [5, 5.41) is 10.2. The predicted octanol–water partition coefficient (Wildman–Crippen LogP) is 3.50. The molecule has 0 saturated carbocycles. The molecule has 0 aliphatic carbocycles. The Labute approximate surface area is 75.8 Å². The zero-order chi connectivity index (χ0) is 9.40. The Morgan fingerprint density at radius 2 is 1.75 bits per heavy atom. The molecule has 0 bridgehead atoms. The molecule has 0 N–H and O–H groups in total. The molecule has 1 radical (unpaired) electrons. The van der Waals surface area contributed by atoms with E-state index in [1.165, 1.54) is 11.1 Å². The van der Waals surface area contributed by atoms with Crippen molar-refractivity contribution in [2.75, 3.05) is 6.61 Å². The van der Waals surface area contributed by atoms with Crippen LogP contribution in [0.15, 0.2) is 23.3 Å². The quantitative estimate of drug-likeness (QED) is 0.558. The molecule has 0 aromatic heterocycles. The zero-order valence-electron chi connectivity index (χ0n) is 8.39. The van der Waals surface area contributed by atoms with Crippen molar-refractivity contribution >= 4 is 0 Å². The molecule has 0 aromatic rings. The fraction of sp³-hybridized carbons (Fsp3) is 0.636. The summed E-state index contributed by atoms with van der Waals surface area (Å²) < 4.78 is 0. The second kappa shape index (κ2) is 7.11. The van der Waals surface area contributed by atoms with Gasteiger partial charge in [0.1, 0.15) is 0 Å². The van der Waals surface area contributed by atoms with Crippen molar-refractivity contribution < 1.29 is 5.11 Å². The molecule has 0 fully saturated rings. The second-order valence-electron chi connectivity index (χ2n) is 3.36. The first-order valence-electron chi connectivity index (χ1n) is 4.54. The highest BCUT2D eigenvalue weighted by Gasteiger charge is 1.88. The fourth-order valence-electron chi connectivity index (χ4n) is 0.996. The first-order chi connectivity index (χ1) is 5.66. The van der Waals surface area contributed by atoms with Crippen molar-refractivity contribution in [1.29, 1.82) is 0 Å². The van der Waals surface area contributed by atoms with Crippen LogP contribution in [-0.2, 0) is 5.11 Å². The van der Waals surface area contributed by atoms with Gasteiger partial charge in [0.2, 0.25) is 0 Å². The lowest BCUT2D eigenvalue weighted by molar-refractivity contribution is 0.199. The van der Waals surface area contributed by atoms with E-state index < -0.39 is 0 Å². The molecule has 69 valence electrons. The molecular formula is C11H19O. The lowest BCUT2D eigenvalue weighted by Gasteiger charge is -1.97. The van der Waals surface area contributed by atoms with Crippen LogP contribution in [0.4, 0.5) is 0 Å². The second-order valence-corrected chi connectivity index (χ2v) is 3.36. The molecule has 0 aliphatic rings. The average molecular weight is 167 g/mol. The smallest absolute Gasteiger partial charge is 0.0856 e. The molecule has 0 rings (SSSR count). The van der Waals surface area contributed by atoms with Crippen molar-refractivity contribution in [1.82, 2.24) is 0 Å². The SMILES string of the molecule is CC(C)=CCC/C(C)=C/CC[O]. The van der Waals surface area contributed by atoms with Gasteiger partial charge in [0.25, 0.3) is 0 Å².